The highest BCUT2D eigenvalue weighted by Crippen LogP contribution is 2.26. The number of amides is 2. The van der Waals surface area contributed by atoms with Crippen LogP contribution in [-0.2, 0) is 11.2 Å². The Kier molecular flexibility index (Phi) is 5.18. The van der Waals surface area contributed by atoms with Gasteiger partial charge in [0, 0.05) is 36.6 Å². The number of urea groups is 1. The Hall–Kier alpha value is -1.18. The van der Waals surface area contributed by atoms with Crippen molar-refractivity contribution in [2.45, 2.75) is 45.7 Å². The summed E-state index contributed by atoms with van der Waals surface area (Å²) >= 11 is 1.56. The molecule has 0 unspecified atom stereocenters. The Morgan fingerprint density at radius 2 is 2.17 bits per heavy atom. The van der Waals surface area contributed by atoms with Crippen LogP contribution in [0.3, 0.4) is 0 Å². The van der Waals surface area contributed by atoms with Crippen molar-refractivity contribution in [3.8, 4) is 0 Å². The van der Waals surface area contributed by atoms with E-state index in [0.29, 0.717) is 11.2 Å². The van der Waals surface area contributed by atoms with Gasteiger partial charge in [-0.05, 0) is 26.7 Å². The summed E-state index contributed by atoms with van der Waals surface area (Å²) in [7, 11) is 0. The fourth-order valence-corrected chi connectivity index (χ4v) is 4.36. The Bertz CT molecular complexity index is 556. The molecule has 6 nitrogen and oxygen atoms in total. The van der Waals surface area contributed by atoms with Gasteiger partial charge in [-0.3, -0.25) is 10.2 Å². The lowest BCUT2D eigenvalue weighted by Crippen LogP contribution is -2.45. The number of nitrogens with zero attached hydrogens (tertiary/aromatic N) is 3. The number of hydrogen-bond acceptors (Lipinski definition) is 5. The lowest BCUT2D eigenvalue weighted by atomic mass is 10.1. The first kappa shape index (κ1) is 16.7. The van der Waals surface area contributed by atoms with E-state index < -0.39 is 0 Å². The van der Waals surface area contributed by atoms with E-state index in [-0.39, 0.29) is 12.1 Å². The number of carbonyl (C=O) groups is 1. The number of anilines is 1. The van der Waals surface area contributed by atoms with Gasteiger partial charge >= 0.3 is 6.03 Å². The summed E-state index contributed by atoms with van der Waals surface area (Å²) in [6.07, 6.45) is 1.93. The zero-order valence-corrected chi connectivity index (χ0v) is 15.0. The average Bonchev–Trinajstić information content (AvgIpc) is 3.11. The van der Waals surface area contributed by atoms with Gasteiger partial charge in [-0.1, -0.05) is 6.92 Å². The van der Waals surface area contributed by atoms with Crippen LogP contribution in [0.5, 0.6) is 0 Å². The van der Waals surface area contributed by atoms with Crippen LogP contribution in [-0.4, -0.2) is 65.7 Å². The third-order valence-electron chi connectivity index (χ3n) is 4.82. The molecule has 0 saturated carbocycles. The molecule has 2 aliphatic heterocycles. The highest BCUT2D eigenvalue weighted by molar-refractivity contribution is 7.15. The molecule has 128 valence electrons. The summed E-state index contributed by atoms with van der Waals surface area (Å²) in [6, 6.07) is 0.683. The van der Waals surface area contributed by atoms with Crippen molar-refractivity contribution < 1.29 is 9.53 Å². The molecule has 3 rings (SSSR count). The van der Waals surface area contributed by atoms with E-state index in [1.807, 2.05) is 4.90 Å². The first-order valence-electron chi connectivity index (χ1n) is 8.44. The van der Waals surface area contributed by atoms with E-state index in [2.05, 4.69) is 36.0 Å². The predicted octanol–water partition coefficient (Wildman–Crippen LogP) is 2.34. The minimum Gasteiger partial charge on any atom is -0.379 e. The van der Waals surface area contributed by atoms with Crippen molar-refractivity contribution in [1.82, 2.24) is 14.8 Å². The molecular formula is C16H26N4O2S. The van der Waals surface area contributed by atoms with Gasteiger partial charge in [-0.25, -0.2) is 9.78 Å². The molecule has 0 radical (unpaired) electrons. The second kappa shape index (κ2) is 7.15. The van der Waals surface area contributed by atoms with E-state index in [0.717, 1.165) is 51.4 Å². The average molecular weight is 338 g/mol. The topological polar surface area (TPSA) is 57.7 Å². The highest BCUT2D eigenvalue weighted by atomic mass is 32.1. The van der Waals surface area contributed by atoms with Crippen LogP contribution in [0.4, 0.5) is 9.93 Å². The second-order valence-electron chi connectivity index (χ2n) is 6.34. The maximum absolute atomic E-state index is 12.6. The van der Waals surface area contributed by atoms with Crippen LogP contribution < -0.4 is 5.32 Å². The van der Waals surface area contributed by atoms with E-state index >= 15 is 0 Å². The molecular weight excluding hydrogens is 312 g/mol. The third kappa shape index (κ3) is 3.67. The molecule has 2 saturated heterocycles. The Balaban J connectivity index is 1.60. The molecule has 0 aliphatic carbocycles. The number of carbonyl (C=O) groups excluding carboxylic acids is 1. The summed E-state index contributed by atoms with van der Waals surface area (Å²) in [4.78, 5) is 22.7. The normalized spacial score (nSPS) is 25.8. The molecule has 0 bridgehead atoms. The quantitative estimate of drug-likeness (QED) is 0.919. The Labute approximate surface area is 141 Å². The van der Waals surface area contributed by atoms with Crippen LogP contribution in [0.1, 0.15) is 30.8 Å². The molecule has 0 aromatic carbocycles. The molecule has 3 heterocycles. The van der Waals surface area contributed by atoms with Crippen molar-refractivity contribution in [1.29, 1.82) is 0 Å². The van der Waals surface area contributed by atoms with Crippen LogP contribution >= 0.6 is 11.3 Å². The largest absolute Gasteiger partial charge is 0.379 e. The van der Waals surface area contributed by atoms with E-state index in [1.54, 1.807) is 11.3 Å². The Morgan fingerprint density at radius 1 is 1.43 bits per heavy atom. The number of morpholine rings is 1. The van der Waals surface area contributed by atoms with Crippen molar-refractivity contribution in [2.24, 2.45) is 0 Å². The molecule has 2 atom stereocenters. The lowest BCUT2D eigenvalue weighted by molar-refractivity contribution is 0.0191. The number of aryl methyl sites for hydroxylation is 2. The van der Waals surface area contributed by atoms with Gasteiger partial charge in [0.05, 0.1) is 18.9 Å². The summed E-state index contributed by atoms with van der Waals surface area (Å²) < 4.78 is 5.42. The summed E-state index contributed by atoms with van der Waals surface area (Å²) in [5.41, 5.74) is 1.07. The smallest absolute Gasteiger partial charge is 0.323 e. The first-order valence-corrected chi connectivity index (χ1v) is 9.25. The number of ether oxygens (including phenoxy) is 1. The molecule has 1 N–H and O–H groups in total. The van der Waals surface area contributed by atoms with Gasteiger partial charge in [0.2, 0.25) is 0 Å². The van der Waals surface area contributed by atoms with E-state index in [9.17, 15) is 4.79 Å². The van der Waals surface area contributed by atoms with Gasteiger partial charge in [0.15, 0.2) is 5.13 Å². The number of thiazole rings is 1. The van der Waals surface area contributed by atoms with Crippen LogP contribution in [0.2, 0.25) is 0 Å². The summed E-state index contributed by atoms with van der Waals surface area (Å²) in [5, 5.41) is 3.70. The van der Waals surface area contributed by atoms with E-state index in [4.69, 9.17) is 4.74 Å². The van der Waals surface area contributed by atoms with Crippen LogP contribution in [0.25, 0.3) is 0 Å². The van der Waals surface area contributed by atoms with Gasteiger partial charge in [0.25, 0.3) is 0 Å². The van der Waals surface area contributed by atoms with Gasteiger partial charge in [0.1, 0.15) is 0 Å². The monoisotopic (exact) mass is 338 g/mol. The molecule has 1 aromatic heterocycles. The number of hydrogen-bond donors (Lipinski definition) is 1. The fraction of sp³-hybridized carbons (Fsp3) is 0.750. The van der Waals surface area contributed by atoms with E-state index in [1.165, 1.54) is 4.88 Å². The van der Waals surface area contributed by atoms with Crippen LogP contribution in [0, 0.1) is 6.92 Å². The number of nitrogens with one attached hydrogen (secondary N) is 1. The third-order valence-corrected chi connectivity index (χ3v) is 5.75. The minimum atomic E-state index is -0.0235. The molecule has 7 heteroatoms. The summed E-state index contributed by atoms with van der Waals surface area (Å²) in [6.45, 7) is 10.6. The standard InChI is InChI=1S/C16H26N4O2S/c1-4-14-12(3)23-15(17-14)18-16(21)20-10-13(9-11(20)2)19-5-7-22-8-6-19/h11,13H,4-10H2,1-3H3,(H,17,18,21)/t11-,13+/m0/s1. The van der Waals surface area contributed by atoms with Gasteiger partial charge < -0.3 is 9.64 Å². The molecule has 1 aromatic rings. The highest BCUT2D eigenvalue weighted by Gasteiger charge is 2.36. The summed E-state index contributed by atoms with van der Waals surface area (Å²) in [5.74, 6) is 0. The van der Waals surface area contributed by atoms with Crippen molar-refractivity contribution in [3.05, 3.63) is 10.6 Å². The van der Waals surface area contributed by atoms with Crippen molar-refractivity contribution in [2.75, 3.05) is 38.2 Å². The van der Waals surface area contributed by atoms with Gasteiger partial charge in [-0.2, -0.15) is 0 Å². The number of rotatable bonds is 3. The first-order chi connectivity index (χ1) is 11.1. The number of aromatic nitrogens is 1. The predicted molar refractivity (Wildman–Crippen MR) is 92.2 cm³/mol. The van der Waals surface area contributed by atoms with Crippen molar-refractivity contribution >= 4 is 22.5 Å². The molecule has 2 fully saturated rings. The zero-order valence-electron chi connectivity index (χ0n) is 14.2. The molecule has 23 heavy (non-hydrogen) atoms. The molecule has 2 amide bonds. The van der Waals surface area contributed by atoms with Gasteiger partial charge in [-0.15, -0.1) is 11.3 Å². The second-order valence-corrected chi connectivity index (χ2v) is 7.55. The maximum atomic E-state index is 12.6. The Morgan fingerprint density at radius 3 is 2.83 bits per heavy atom. The van der Waals surface area contributed by atoms with Crippen LogP contribution in [0.15, 0.2) is 0 Å². The number of likely N-dealkylation sites (tertiary alicyclic amines) is 1. The SMILES string of the molecule is CCc1nc(NC(=O)N2C[C@H](N3CCOCC3)C[C@@H]2C)sc1C. The van der Waals surface area contributed by atoms with Crippen molar-refractivity contribution in [3.63, 3.8) is 0 Å². The molecule has 0 spiro atoms. The molecule has 2 aliphatic rings. The minimum absolute atomic E-state index is 0.0235. The zero-order chi connectivity index (χ0) is 16.4. The maximum Gasteiger partial charge on any atom is 0.323 e. The fourth-order valence-electron chi connectivity index (χ4n) is 3.47. The lowest BCUT2D eigenvalue weighted by Gasteiger charge is -2.31.